The summed E-state index contributed by atoms with van der Waals surface area (Å²) in [5, 5.41) is 6.68. The molecule has 0 heterocycles. The Bertz CT molecular complexity index is 317. The van der Waals surface area contributed by atoms with Crippen molar-refractivity contribution in [2.75, 3.05) is 33.9 Å². The molecule has 6 heteroatoms. The molecular formula is C17H38IN3O2. The van der Waals surface area contributed by atoms with E-state index in [4.69, 9.17) is 9.47 Å². The number of rotatable bonds is 9. The quantitative estimate of drug-likeness (QED) is 0.326. The molecule has 0 rings (SSSR count). The Morgan fingerprint density at radius 2 is 1.78 bits per heavy atom. The van der Waals surface area contributed by atoms with Gasteiger partial charge in [0.1, 0.15) is 0 Å². The molecule has 140 valence electrons. The van der Waals surface area contributed by atoms with E-state index in [9.17, 15) is 0 Å². The van der Waals surface area contributed by atoms with Crippen LogP contribution in [-0.4, -0.2) is 52.0 Å². The van der Waals surface area contributed by atoms with Crippen molar-refractivity contribution in [3.05, 3.63) is 0 Å². The molecule has 2 N–H and O–H groups in total. The van der Waals surface area contributed by atoms with Crippen molar-refractivity contribution < 1.29 is 9.47 Å². The van der Waals surface area contributed by atoms with Crippen LogP contribution in [0.4, 0.5) is 0 Å². The predicted molar refractivity (Wildman–Crippen MR) is 110 cm³/mol. The molecule has 0 spiro atoms. The highest BCUT2D eigenvalue weighted by atomic mass is 127. The summed E-state index contributed by atoms with van der Waals surface area (Å²) >= 11 is 0. The van der Waals surface area contributed by atoms with Crippen LogP contribution in [0.1, 0.15) is 48.0 Å². The van der Waals surface area contributed by atoms with E-state index < -0.39 is 0 Å². The molecule has 2 atom stereocenters. The highest BCUT2D eigenvalue weighted by molar-refractivity contribution is 14.0. The van der Waals surface area contributed by atoms with Crippen molar-refractivity contribution in [2.24, 2.45) is 16.3 Å². The first-order valence-corrected chi connectivity index (χ1v) is 8.35. The predicted octanol–water partition coefficient (Wildman–Crippen LogP) is 3.28. The van der Waals surface area contributed by atoms with E-state index >= 15 is 0 Å². The van der Waals surface area contributed by atoms with Crippen molar-refractivity contribution in [2.45, 2.75) is 60.2 Å². The molecule has 0 aliphatic carbocycles. The normalized spacial score (nSPS) is 15.1. The summed E-state index contributed by atoms with van der Waals surface area (Å²) in [5.41, 5.74) is 0.0955. The Balaban J connectivity index is 0. The molecule has 23 heavy (non-hydrogen) atoms. The first-order valence-electron chi connectivity index (χ1n) is 8.35. The third-order valence-electron chi connectivity index (χ3n) is 3.77. The second-order valence-electron chi connectivity index (χ2n) is 7.00. The Morgan fingerprint density at radius 1 is 1.17 bits per heavy atom. The molecule has 5 nitrogen and oxygen atoms in total. The lowest BCUT2D eigenvalue weighted by molar-refractivity contribution is 0.0203. The maximum atomic E-state index is 5.76. The summed E-state index contributed by atoms with van der Waals surface area (Å²) in [6.45, 7) is 15.3. The van der Waals surface area contributed by atoms with Crippen LogP contribution in [0.2, 0.25) is 0 Å². The Labute approximate surface area is 160 Å². The number of halogens is 1. The van der Waals surface area contributed by atoms with Crippen molar-refractivity contribution in [1.29, 1.82) is 0 Å². The molecule has 0 saturated heterocycles. The average molecular weight is 443 g/mol. The highest BCUT2D eigenvalue weighted by Crippen LogP contribution is 2.20. The molecule has 0 aromatic carbocycles. The minimum Gasteiger partial charge on any atom is -0.379 e. The number of nitrogens with one attached hydrogen (secondary N) is 2. The standard InChI is InChI=1S/C17H37N3O2.HI/c1-9-22-14(13(2)3)10-11-19-16(18-7)20-12-15(21-8)17(4,5)6;/h13-15H,9-12H2,1-8H3,(H2,18,19,20);1H. The van der Waals surface area contributed by atoms with Crippen molar-refractivity contribution in [1.82, 2.24) is 10.6 Å². The van der Waals surface area contributed by atoms with Crippen molar-refractivity contribution >= 4 is 29.9 Å². The van der Waals surface area contributed by atoms with Crippen molar-refractivity contribution in [3.8, 4) is 0 Å². The van der Waals surface area contributed by atoms with Crippen LogP contribution in [0.3, 0.4) is 0 Å². The van der Waals surface area contributed by atoms with E-state index in [-0.39, 0.29) is 41.6 Å². The van der Waals surface area contributed by atoms with Gasteiger partial charge >= 0.3 is 0 Å². The SMILES string of the molecule is CCOC(CCNC(=NC)NCC(OC)C(C)(C)C)C(C)C.I. The fourth-order valence-corrected chi connectivity index (χ4v) is 2.31. The molecular weight excluding hydrogens is 405 g/mol. The number of ether oxygens (including phenoxy) is 2. The third-order valence-corrected chi connectivity index (χ3v) is 3.77. The van der Waals surface area contributed by atoms with Crippen LogP contribution < -0.4 is 10.6 Å². The van der Waals surface area contributed by atoms with Gasteiger partial charge in [-0.2, -0.15) is 0 Å². The van der Waals surface area contributed by atoms with Crippen molar-refractivity contribution in [3.63, 3.8) is 0 Å². The summed E-state index contributed by atoms with van der Waals surface area (Å²) in [6, 6.07) is 0. The second-order valence-corrected chi connectivity index (χ2v) is 7.00. The fourth-order valence-electron chi connectivity index (χ4n) is 2.31. The molecule has 0 saturated carbocycles. The number of hydrogen-bond acceptors (Lipinski definition) is 3. The molecule has 0 bridgehead atoms. The minimum absolute atomic E-state index is 0. The van der Waals surface area contributed by atoms with E-state index in [1.54, 1.807) is 14.2 Å². The van der Waals surface area contributed by atoms with Gasteiger partial charge in [0.05, 0.1) is 12.2 Å². The van der Waals surface area contributed by atoms with Gasteiger partial charge in [0.15, 0.2) is 5.96 Å². The van der Waals surface area contributed by atoms with E-state index in [2.05, 4.69) is 50.2 Å². The molecule has 0 amide bonds. The molecule has 2 unspecified atom stereocenters. The second kappa shape index (κ2) is 13.2. The van der Waals surface area contributed by atoms with Gasteiger partial charge in [-0.1, -0.05) is 34.6 Å². The minimum atomic E-state index is 0. The van der Waals surface area contributed by atoms with E-state index in [0.717, 1.165) is 32.1 Å². The Kier molecular flexibility index (Phi) is 14.5. The van der Waals surface area contributed by atoms with Gasteiger partial charge in [-0.3, -0.25) is 4.99 Å². The lowest BCUT2D eigenvalue weighted by Gasteiger charge is -2.30. The van der Waals surface area contributed by atoms with Crippen LogP contribution in [0, 0.1) is 11.3 Å². The average Bonchev–Trinajstić information content (AvgIpc) is 2.43. The summed E-state index contributed by atoms with van der Waals surface area (Å²) in [7, 11) is 3.54. The first-order chi connectivity index (χ1) is 10.3. The maximum Gasteiger partial charge on any atom is 0.191 e. The van der Waals surface area contributed by atoms with Crippen LogP contribution in [-0.2, 0) is 9.47 Å². The van der Waals surface area contributed by atoms with E-state index in [0.29, 0.717) is 5.92 Å². The van der Waals surface area contributed by atoms with Gasteiger partial charge in [0, 0.05) is 33.9 Å². The zero-order chi connectivity index (χ0) is 17.2. The third kappa shape index (κ3) is 11.2. The van der Waals surface area contributed by atoms with Gasteiger partial charge in [-0.05, 0) is 24.7 Å². The Hall–Kier alpha value is -0.0800. The number of aliphatic imine (C=N–C) groups is 1. The first kappa shape index (κ1) is 25.2. The monoisotopic (exact) mass is 443 g/mol. The molecule has 0 radical (unpaired) electrons. The molecule has 0 fully saturated rings. The van der Waals surface area contributed by atoms with Gasteiger partial charge in [-0.25, -0.2) is 0 Å². The van der Waals surface area contributed by atoms with Gasteiger partial charge in [0.2, 0.25) is 0 Å². The number of hydrogen-bond donors (Lipinski definition) is 2. The number of guanidine groups is 1. The van der Waals surface area contributed by atoms with Gasteiger partial charge < -0.3 is 20.1 Å². The summed E-state index contributed by atoms with van der Waals surface area (Å²) in [4.78, 5) is 4.26. The zero-order valence-corrected chi connectivity index (χ0v) is 18.6. The highest BCUT2D eigenvalue weighted by Gasteiger charge is 2.24. The Morgan fingerprint density at radius 3 is 2.17 bits per heavy atom. The van der Waals surface area contributed by atoms with Gasteiger partial charge in [0.25, 0.3) is 0 Å². The summed E-state index contributed by atoms with van der Waals surface area (Å²) < 4.78 is 11.3. The summed E-state index contributed by atoms with van der Waals surface area (Å²) in [5.74, 6) is 1.33. The van der Waals surface area contributed by atoms with Crippen LogP contribution >= 0.6 is 24.0 Å². The van der Waals surface area contributed by atoms with Crippen LogP contribution in [0.15, 0.2) is 4.99 Å². The zero-order valence-electron chi connectivity index (χ0n) is 16.2. The lowest BCUT2D eigenvalue weighted by Crippen LogP contribution is -2.46. The lowest BCUT2D eigenvalue weighted by atomic mass is 9.89. The van der Waals surface area contributed by atoms with E-state index in [1.807, 2.05) is 6.92 Å². The van der Waals surface area contributed by atoms with E-state index in [1.165, 1.54) is 0 Å². The molecule has 0 aromatic heterocycles. The molecule has 0 aliphatic heterocycles. The smallest absolute Gasteiger partial charge is 0.191 e. The van der Waals surface area contributed by atoms with Gasteiger partial charge in [-0.15, -0.1) is 24.0 Å². The summed E-state index contributed by atoms with van der Waals surface area (Å²) in [6.07, 6.45) is 1.40. The van der Waals surface area contributed by atoms with Crippen LogP contribution in [0.5, 0.6) is 0 Å². The van der Waals surface area contributed by atoms with Crippen LogP contribution in [0.25, 0.3) is 0 Å². The molecule has 0 aliphatic rings. The molecule has 0 aromatic rings. The number of nitrogens with zero attached hydrogens (tertiary/aromatic N) is 1. The largest absolute Gasteiger partial charge is 0.379 e. The maximum absolute atomic E-state index is 5.76. The topological polar surface area (TPSA) is 54.9 Å². The fraction of sp³-hybridized carbons (Fsp3) is 0.941. The number of methoxy groups -OCH3 is 1.